The van der Waals surface area contributed by atoms with Crippen LogP contribution in [0.3, 0.4) is 0 Å². The van der Waals surface area contributed by atoms with E-state index in [0.29, 0.717) is 13.0 Å². The van der Waals surface area contributed by atoms with E-state index in [1.807, 2.05) is 36.4 Å². The third-order valence-corrected chi connectivity index (χ3v) is 5.08. The molecule has 0 aliphatic carbocycles. The molecule has 3 rings (SSSR count). The molecule has 3 nitrogen and oxygen atoms in total. The molecule has 0 spiro atoms. The number of amides is 1. The Morgan fingerprint density at radius 1 is 1.00 bits per heavy atom. The minimum absolute atomic E-state index is 0.000148. The van der Waals surface area contributed by atoms with E-state index in [2.05, 4.69) is 24.3 Å². The molecule has 2 atom stereocenters. The second-order valence-electron chi connectivity index (χ2n) is 6.84. The summed E-state index contributed by atoms with van der Waals surface area (Å²) in [6.45, 7) is 2.21. The molecule has 0 saturated carbocycles. The van der Waals surface area contributed by atoms with Crippen LogP contribution in [0.25, 0.3) is 0 Å². The van der Waals surface area contributed by atoms with E-state index in [1.165, 1.54) is 11.1 Å². The molecule has 1 unspecified atom stereocenters. The minimum Gasteiger partial charge on any atom is -0.332 e. The van der Waals surface area contributed by atoms with Crippen LogP contribution < -0.4 is 0 Å². The first kappa shape index (κ1) is 17.4. The summed E-state index contributed by atoms with van der Waals surface area (Å²) in [4.78, 5) is 26.5. The normalized spacial score (nSPS) is 19.8. The molecule has 1 amide bonds. The van der Waals surface area contributed by atoms with Crippen LogP contribution >= 0.6 is 0 Å². The van der Waals surface area contributed by atoms with Crippen molar-refractivity contribution in [2.45, 2.75) is 44.6 Å². The van der Waals surface area contributed by atoms with Crippen molar-refractivity contribution in [1.29, 1.82) is 0 Å². The molecule has 130 valence electrons. The third kappa shape index (κ3) is 4.36. The maximum absolute atomic E-state index is 12.7. The highest BCUT2D eigenvalue weighted by Gasteiger charge is 2.38. The van der Waals surface area contributed by atoms with Gasteiger partial charge in [-0.2, -0.15) is 0 Å². The SMILES string of the molecule is CC(=O)N1C[C@@H](c2ccccc2)CC1C(=O)CCCc1ccccc1. The summed E-state index contributed by atoms with van der Waals surface area (Å²) in [6, 6.07) is 20.2. The Morgan fingerprint density at radius 3 is 2.28 bits per heavy atom. The zero-order chi connectivity index (χ0) is 17.6. The highest BCUT2D eigenvalue weighted by atomic mass is 16.2. The Hall–Kier alpha value is -2.42. The van der Waals surface area contributed by atoms with Gasteiger partial charge in [-0.25, -0.2) is 0 Å². The summed E-state index contributed by atoms with van der Waals surface area (Å²) in [5, 5.41) is 0. The molecule has 1 aliphatic rings. The zero-order valence-electron chi connectivity index (χ0n) is 14.7. The van der Waals surface area contributed by atoms with E-state index in [-0.39, 0.29) is 23.7 Å². The molecule has 0 N–H and O–H groups in total. The number of Topliss-reactive ketones (excluding diaryl/α,β-unsaturated/α-hetero) is 1. The van der Waals surface area contributed by atoms with E-state index < -0.39 is 0 Å². The Bertz CT molecular complexity index is 711. The first-order chi connectivity index (χ1) is 12.1. The van der Waals surface area contributed by atoms with Crippen molar-refractivity contribution < 1.29 is 9.59 Å². The lowest BCUT2D eigenvalue weighted by molar-refractivity contribution is -0.136. The van der Waals surface area contributed by atoms with Gasteiger partial charge in [0.1, 0.15) is 0 Å². The Kier molecular flexibility index (Phi) is 5.64. The van der Waals surface area contributed by atoms with Gasteiger partial charge in [-0.05, 0) is 30.4 Å². The van der Waals surface area contributed by atoms with Gasteiger partial charge in [-0.3, -0.25) is 9.59 Å². The molecule has 1 aliphatic heterocycles. The fraction of sp³-hybridized carbons (Fsp3) is 0.364. The molecule has 1 saturated heterocycles. The molecule has 25 heavy (non-hydrogen) atoms. The van der Waals surface area contributed by atoms with Crippen LogP contribution in [0.2, 0.25) is 0 Å². The Morgan fingerprint density at radius 2 is 1.64 bits per heavy atom. The van der Waals surface area contributed by atoms with E-state index >= 15 is 0 Å². The van der Waals surface area contributed by atoms with Gasteiger partial charge in [0, 0.05) is 25.8 Å². The second kappa shape index (κ2) is 8.11. The lowest BCUT2D eigenvalue weighted by Gasteiger charge is -2.22. The number of carbonyl (C=O) groups is 2. The average molecular weight is 335 g/mol. The third-order valence-electron chi connectivity index (χ3n) is 5.08. The van der Waals surface area contributed by atoms with Gasteiger partial charge in [0.25, 0.3) is 0 Å². The quantitative estimate of drug-likeness (QED) is 0.800. The molecule has 0 aromatic heterocycles. The average Bonchev–Trinajstić information content (AvgIpc) is 3.09. The minimum atomic E-state index is -0.265. The molecule has 1 fully saturated rings. The number of ketones is 1. The molecular formula is C22H25NO2. The number of hydrogen-bond acceptors (Lipinski definition) is 2. The number of aryl methyl sites for hydroxylation is 1. The molecule has 1 heterocycles. The predicted molar refractivity (Wildman–Crippen MR) is 99.4 cm³/mol. The van der Waals surface area contributed by atoms with Gasteiger partial charge in [0.2, 0.25) is 5.91 Å². The van der Waals surface area contributed by atoms with Crippen LogP contribution in [0.4, 0.5) is 0 Å². The number of nitrogens with zero attached hydrogens (tertiary/aromatic N) is 1. The highest BCUT2D eigenvalue weighted by molar-refractivity contribution is 5.89. The van der Waals surface area contributed by atoms with Gasteiger partial charge < -0.3 is 4.90 Å². The summed E-state index contributed by atoms with van der Waals surface area (Å²) in [6.07, 6.45) is 3.02. The second-order valence-corrected chi connectivity index (χ2v) is 6.84. The van der Waals surface area contributed by atoms with Crippen molar-refractivity contribution in [1.82, 2.24) is 4.90 Å². The fourth-order valence-corrected chi connectivity index (χ4v) is 3.73. The van der Waals surface area contributed by atoms with Crippen LogP contribution in [-0.2, 0) is 16.0 Å². The van der Waals surface area contributed by atoms with Crippen LogP contribution in [0, 0.1) is 0 Å². The van der Waals surface area contributed by atoms with Crippen molar-refractivity contribution in [3.63, 3.8) is 0 Å². The first-order valence-corrected chi connectivity index (χ1v) is 9.04. The van der Waals surface area contributed by atoms with Gasteiger partial charge in [-0.15, -0.1) is 0 Å². The number of hydrogen-bond donors (Lipinski definition) is 0. The van der Waals surface area contributed by atoms with Crippen molar-refractivity contribution in [2.75, 3.05) is 6.54 Å². The van der Waals surface area contributed by atoms with Gasteiger partial charge in [-0.1, -0.05) is 60.7 Å². The van der Waals surface area contributed by atoms with Gasteiger partial charge in [0.05, 0.1) is 6.04 Å². The monoisotopic (exact) mass is 335 g/mol. The number of rotatable bonds is 6. The van der Waals surface area contributed by atoms with Crippen LogP contribution in [-0.4, -0.2) is 29.2 Å². The molecule has 0 radical (unpaired) electrons. The van der Waals surface area contributed by atoms with Crippen LogP contribution in [0.1, 0.15) is 43.2 Å². The topological polar surface area (TPSA) is 37.4 Å². The van der Waals surface area contributed by atoms with Crippen LogP contribution in [0.5, 0.6) is 0 Å². The molecule has 0 bridgehead atoms. The summed E-state index contributed by atoms with van der Waals surface area (Å²) in [5.74, 6) is 0.456. The smallest absolute Gasteiger partial charge is 0.220 e. The van der Waals surface area contributed by atoms with Crippen molar-refractivity contribution in [2.24, 2.45) is 0 Å². The maximum Gasteiger partial charge on any atom is 0.220 e. The molecule has 2 aromatic carbocycles. The molecule has 3 heteroatoms. The van der Waals surface area contributed by atoms with Crippen molar-refractivity contribution in [3.8, 4) is 0 Å². The number of carbonyl (C=O) groups excluding carboxylic acids is 2. The van der Waals surface area contributed by atoms with Crippen molar-refractivity contribution >= 4 is 11.7 Å². The predicted octanol–water partition coefficient (Wildman–Crippen LogP) is 3.98. The van der Waals surface area contributed by atoms with Crippen LogP contribution in [0.15, 0.2) is 60.7 Å². The maximum atomic E-state index is 12.7. The lowest BCUT2D eigenvalue weighted by atomic mass is 9.94. The van der Waals surface area contributed by atoms with Gasteiger partial charge in [0.15, 0.2) is 5.78 Å². The van der Waals surface area contributed by atoms with Crippen molar-refractivity contribution in [3.05, 3.63) is 71.8 Å². The molecular weight excluding hydrogens is 310 g/mol. The highest BCUT2D eigenvalue weighted by Crippen LogP contribution is 2.32. The lowest BCUT2D eigenvalue weighted by Crippen LogP contribution is -2.39. The van der Waals surface area contributed by atoms with E-state index in [1.54, 1.807) is 11.8 Å². The van der Waals surface area contributed by atoms with E-state index in [4.69, 9.17) is 0 Å². The number of likely N-dealkylation sites (tertiary alicyclic amines) is 1. The standard InChI is InChI=1S/C22H25NO2/c1-17(24)23-16-20(19-12-6-3-7-13-19)15-21(23)22(25)14-8-11-18-9-4-2-5-10-18/h2-7,9-10,12-13,20-21H,8,11,14-16H2,1H3/t20-,21?/m0/s1. The fourth-order valence-electron chi connectivity index (χ4n) is 3.73. The Balaban J connectivity index is 1.60. The Labute approximate surface area is 149 Å². The first-order valence-electron chi connectivity index (χ1n) is 9.04. The largest absolute Gasteiger partial charge is 0.332 e. The zero-order valence-corrected chi connectivity index (χ0v) is 14.7. The van der Waals surface area contributed by atoms with E-state index in [0.717, 1.165) is 19.3 Å². The summed E-state index contributed by atoms with van der Waals surface area (Å²) < 4.78 is 0. The number of benzene rings is 2. The summed E-state index contributed by atoms with van der Waals surface area (Å²) >= 11 is 0. The molecule has 2 aromatic rings. The van der Waals surface area contributed by atoms with Gasteiger partial charge >= 0.3 is 0 Å². The van der Waals surface area contributed by atoms with E-state index in [9.17, 15) is 9.59 Å². The summed E-state index contributed by atoms with van der Waals surface area (Å²) in [5.41, 5.74) is 2.47. The summed E-state index contributed by atoms with van der Waals surface area (Å²) in [7, 11) is 0.